The van der Waals surface area contributed by atoms with Crippen molar-refractivity contribution in [2.24, 2.45) is 0 Å². The molecule has 1 N–H and O–H groups in total. The van der Waals surface area contributed by atoms with E-state index in [1.165, 1.54) is 13.0 Å². The van der Waals surface area contributed by atoms with Crippen LogP contribution in [0.4, 0.5) is 0 Å². The van der Waals surface area contributed by atoms with E-state index < -0.39 is 5.91 Å². The van der Waals surface area contributed by atoms with Gasteiger partial charge in [-0.05, 0) is 40.7 Å². The zero-order valence-electron chi connectivity index (χ0n) is 15.4. The molecule has 2 aromatic rings. The molecule has 1 aromatic heterocycles. The summed E-state index contributed by atoms with van der Waals surface area (Å²) in [6.07, 6.45) is 0. The molecule has 25 heavy (non-hydrogen) atoms. The van der Waals surface area contributed by atoms with Crippen molar-refractivity contribution in [1.82, 2.24) is 14.9 Å². The van der Waals surface area contributed by atoms with Crippen LogP contribution in [0.25, 0.3) is 11.0 Å². The fourth-order valence-corrected chi connectivity index (χ4v) is 3.10. The van der Waals surface area contributed by atoms with E-state index in [1.807, 2.05) is 0 Å². The number of para-hydroxylation sites is 2. The van der Waals surface area contributed by atoms with Crippen molar-refractivity contribution in [2.75, 3.05) is 13.1 Å². The predicted octanol–water partition coefficient (Wildman–Crippen LogP) is 2.06. The topological polar surface area (TPSA) is 83.3 Å². The normalized spacial score (nSPS) is 11.7. The lowest BCUT2D eigenvalue weighted by molar-refractivity contribution is -0.468. The van der Waals surface area contributed by atoms with Crippen LogP contribution < -0.4 is 9.74 Å². The number of hydrogen-bond acceptors (Lipinski definition) is 4. The number of carbonyl (C=O) groups is 1. The standard InChI is InChI=1S/C18H26N4O3/c1-12(2)20(13(3)4)11-10-19-18(23)17-14(5)21(24)15-8-6-7-9-16(15)22(17)25/h6-9,12-13H,10-11H2,1-5H3,(H,19,23). The number of nitrogens with zero attached hydrogens (tertiary/aromatic N) is 3. The fraction of sp³-hybridized carbons (Fsp3) is 0.500. The molecule has 1 aromatic carbocycles. The van der Waals surface area contributed by atoms with Gasteiger partial charge in [-0.15, -0.1) is 0 Å². The van der Waals surface area contributed by atoms with Crippen LogP contribution in [0.5, 0.6) is 0 Å². The molecule has 7 heteroatoms. The number of amides is 1. The molecule has 0 spiro atoms. The van der Waals surface area contributed by atoms with E-state index in [4.69, 9.17) is 0 Å². The number of benzene rings is 1. The molecule has 0 aliphatic heterocycles. The Bertz CT molecular complexity index is 819. The molecule has 1 amide bonds. The molecule has 0 aliphatic rings. The van der Waals surface area contributed by atoms with Gasteiger partial charge < -0.3 is 15.3 Å². The molecule has 0 radical (unpaired) electrons. The van der Waals surface area contributed by atoms with Crippen LogP contribution in [-0.4, -0.2) is 40.7 Å². The van der Waals surface area contributed by atoms with Gasteiger partial charge >= 0.3 is 11.6 Å². The number of rotatable bonds is 6. The Kier molecular flexibility index (Phi) is 5.79. The van der Waals surface area contributed by atoms with E-state index in [0.29, 0.717) is 34.3 Å². The molecule has 0 fully saturated rings. The first-order chi connectivity index (χ1) is 11.8. The van der Waals surface area contributed by atoms with Crippen molar-refractivity contribution in [3.63, 3.8) is 0 Å². The molecule has 1 heterocycles. The molecule has 0 atom stereocenters. The number of aromatic nitrogens is 2. The van der Waals surface area contributed by atoms with Crippen LogP contribution in [0.15, 0.2) is 24.3 Å². The number of fused-ring (bicyclic) bond motifs is 1. The summed E-state index contributed by atoms with van der Waals surface area (Å²) < 4.78 is 1.17. The second-order valence-corrected chi connectivity index (χ2v) is 6.69. The summed E-state index contributed by atoms with van der Waals surface area (Å²) in [5, 5.41) is 15.1. The fourth-order valence-electron chi connectivity index (χ4n) is 3.10. The Hall–Kier alpha value is -2.41. The van der Waals surface area contributed by atoms with Gasteiger partial charge in [0.05, 0.1) is 10.1 Å². The molecule has 0 bridgehead atoms. The smallest absolute Gasteiger partial charge is 0.346 e. The highest BCUT2D eigenvalue weighted by Gasteiger charge is 2.26. The molecule has 0 saturated carbocycles. The molecular formula is C18H26N4O3. The first-order valence-corrected chi connectivity index (χ1v) is 8.54. The van der Waals surface area contributed by atoms with E-state index in [0.717, 1.165) is 0 Å². The number of carbonyl (C=O) groups excluding carboxylic acids is 1. The minimum Gasteiger partial charge on any atom is -0.805 e. The van der Waals surface area contributed by atoms with E-state index in [1.54, 1.807) is 18.2 Å². The number of nitrogens with one attached hydrogen (secondary N) is 1. The second kappa shape index (κ2) is 7.65. The van der Waals surface area contributed by atoms with Crippen molar-refractivity contribution in [1.29, 1.82) is 0 Å². The van der Waals surface area contributed by atoms with E-state index in [2.05, 4.69) is 37.9 Å². The molecule has 136 valence electrons. The Morgan fingerprint density at radius 1 is 1.24 bits per heavy atom. The van der Waals surface area contributed by atoms with Gasteiger partial charge in [-0.3, -0.25) is 9.69 Å². The summed E-state index contributed by atoms with van der Waals surface area (Å²) in [5.41, 5.74) is 0.363. The van der Waals surface area contributed by atoms with Gasteiger partial charge in [0.2, 0.25) is 0 Å². The third-order valence-corrected chi connectivity index (χ3v) is 4.37. The Morgan fingerprint density at radius 2 is 1.84 bits per heavy atom. The van der Waals surface area contributed by atoms with Crippen molar-refractivity contribution in [3.05, 3.63) is 45.8 Å². The van der Waals surface area contributed by atoms with Crippen LogP contribution >= 0.6 is 0 Å². The highest BCUT2D eigenvalue weighted by atomic mass is 16.5. The summed E-state index contributed by atoms with van der Waals surface area (Å²) in [6.45, 7) is 11.0. The lowest BCUT2D eigenvalue weighted by atomic mass is 10.2. The first kappa shape index (κ1) is 18.9. The van der Waals surface area contributed by atoms with Crippen LogP contribution in [-0.2, 0) is 0 Å². The molecule has 7 nitrogen and oxygen atoms in total. The highest BCUT2D eigenvalue weighted by molar-refractivity contribution is 5.93. The maximum Gasteiger partial charge on any atom is 0.346 e. The largest absolute Gasteiger partial charge is 0.805 e. The van der Waals surface area contributed by atoms with Gasteiger partial charge in [-0.1, -0.05) is 12.1 Å². The second-order valence-electron chi connectivity index (χ2n) is 6.69. The summed E-state index contributed by atoms with van der Waals surface area (Å²) in [5.74, 6) is -0.532. The summed E-state index contributed by atoms with van der Waals surface area (Å²) >= 11 is 0. The lowest BCUT2D eigenvalue weighted by Crippen LogP contribution is -2.44. The monoisotopic (exact) mass is 346 g/mol. The lowest BCUT2D eigenvalue weighted by Gasteiger charge is -2.30. The Labute approximate surface area is 147 Å². The van der Waals surface area contributed by atoms with Gasteiger partial charge in [-0.25, -0.2) is 0 Å². The van der Waals surface area contributed by atoms with Gasteiger partial charge in [-0.2, -0.15) is 0 Å². The molecular weight excluding hydrogens is 320 g/mol. The van der Waals surface area contributed by atoms with Crippen LogP contribution in [0.2, 0.25) is 0 Å². The van der Waals surface area contributed by atoms with Gasteiger partial charge in [0.15, 0.2) is 0 Å². The van der Waals surface area contributed by atoms with Gasteiger partial charge in [0.1, 0.15) is 5.52 Å². The first-order valence-electron chi connectivity index (χ1n) is 8.54. The Balaban J connectivity index is 2.24. The molecule has 0 aliphatic carbocycles. The van der Waals surface area contributed by atoms with Gasteiger partial charge in [0, 0.05) is 36.1 Å². The summed E-state index contributed by atoms with van der Waals surface area (Å²) in [6, 6.07) is 7.15. The van der Waals surface area contributed by atoms with E-state index in [-0.39, 0.29) is 22.4 Å². The number of hydrogen-bond donors (Lipinski definition) is 1. The zero-order valence-corrected chi connectivity index (χ0v) is 15.4. The summed E-state index contributed by atoms with van der Waals surface area (Å²) in [4.78, 5) is 27.3. The molecule has 0 saturated heterocycles. The highest BCUT2D eigenvalue weighted by Crippen LogP contribution is 2.13. The van der Waals surface area contributed by atoms with Crippen molar-refractivity contribution in [3.8, 4) is 0 Å². The third kappa shape index (κ3) is 3.82. The van der Waals surface area contributed by atoms with Crippen LogP contribution in [0.1, 0.15) is 43.9 Å². The quantitative estimate of drug-likeness (QED) is 0.812. The average Bonchev–Trinajstić information content (AvgIpc) is 2.56. The average molecular weight is 346 g/mol. The van der Waals surface area contributed by atoms with Crippen molar-refractivity contribution >= 4 is 16.9 Å². The minimum atomic E-state index is -0.532. The van der Waals surface area contributed by atoms with Crippen molar-refractivity contribution in [2.45, 2.75) is 46.7 Å². The predicted molar refractivity (Wildman–Crippen MR) is 98.1 cm³/mol. The minimum absolute atomic E-state index is 0.0933. The van der Waals surface area contributed by atoms with E-state index >= 15 is 0 Å². The molecule has 0 unspecified atom stereocenters. The third-order valence-electron chi connectivity index (χ3n) is 4.37. The van der Waals surface area contributed by atoms with E-state index in [9.17, 15) is 14.9 Å². The maximum absolute atomic E-state index is 12.5. The maximum atomic E-state index is 12.5. The zero-order chi connectivity index (χ0) is 18.7. The SMILES string of the molecule is Cc1c(C(=O)NCCN(C(C)C)C(C)C)[n+](=O)c2ccccc2n1[O-]. The Morgan fingerprint density at radius 3 is 2.44 bits per heavy atom. The van der Waals surface area contributed by atoms with Crippen molar-refractivity contribution < 1.29 is 9.22 Å². The van der Waals surface area contributed by atoms with Crippen LogP contribution in [0.3, 0.4) is 0 Å². The molecule has 2 rings (SSSR count). The van der Waals surface area contributed by atoms with Crippen LogP contribution in [0, 0.1) is 17.0 Å². The summed E-state index contributed by atoms with van der Waals surface area (Å²) in [7, 11) is 0. The van der Waals surface area contributed by atoms with Gasteiger partial charge in [0.25, 0.3) is 5.52 Å².